The lowest BCUT2D eigenvalue weighted by molar-refractivity contribution is -0.383. The fourth-order valence-electron chi connectivity index (χ4n) is 1.86. The summed E-state index contributed by atoms with van der Waals surface area (Å²) in [4.78, 5) is 23.8. The van der Waals surface area contributed by atoms with E-state index in [0.29, 0.717) is 12.2 Å². The van der Waals surface area contributed by atoms with Crippen molar-refractivity contribution in [1.29, 1.82) is 0 Å². The molecule has 0 spiro atoms. The number of aromatic nitrogens is 2. The summed E-state index contributed by atoms with van der Waals surface area (Å²) >= 11 is 3.22. The number of rotatable bonds is 6. The van der Waals surface area contributed by atoms with E-state index in [1.807, 2.05) is 0 Å². The number of halogens is 1. The maximum atomic E-state index is 11.7. The van der Waals surface area contributed by atoms with Crippen molar-refractivity contribution in [3.63, 3.8) is 0 Å². The van der Waals surface area contributed by atoms with Crippen LogP contribution >= 0.6 is 15.9 Å². The average molecular weight is 387 g/mol. The van der Waals surface area contributed by atoms with Crippen molar-refractivity contribution in [2.24, 2.45) is 0 Å². The number of esters is 1. The summed E-state index contributed by atoms with van der Waals surface area (Å²) in [7, 11) is 1.75. The lowest BCUT2D eigenvalue weighted by Crippen LogP contribution is -2.30. The molecule has 0 fully saturated rings. The van der Waals surface area contributed by atoms with Gasteiger partial charge in [-0.1, -0.05) is 15.9 Å². The average Bonchev–Trinajstić information content (AvgIpc) is 2.93. The molecule has 124 valence electrons. The monoisotopic (exact) mass is 386 g/mol. The summed E-state index contributed by atoms with van der Waals surface area (Å²) < 4.78 is 9.02. The van der Waals surface area contributed by atoms with E-state index >= 15 is 0 Å². The molecule has 2 rings (SSSR count). The van der Waals surface area contributed by atoms with Gasteiger partial charge >= 0.3 is 11.7 Å². The number of likely N-dealkylation sites (N-methyl/N-ethyl adjacent to an activating group) is 1. The SMILES string of the molecule is CN(CCOC(=O)C(C)(C)Br)c1ccc([N+](=O)[O-])c2nonc12. The molecule has 1 aromatic carbocycles. The Morgan fingerprint density at radius 3 is 2.70 bits per heavy atom. The van der Waals surface area contributed by atoms with Gasteiger partial charge in [0.15, 0.2) is 5.52 Å². The van der Waals surface area contributed by atoms with Crippen LogP contribution in [0.5, 0.6) is 0 Å². The van der Waals surface area contributed by atoms with E-state index in [0.717, 1.165) is 0 Å². The second-order valence-corrected chi connectivity index (χ2v) is 7.33. The first-order valence-electron chi connectivity index (χ1n) is 6.68. The molecule has 0 bridgehead atoms. The Labute approximate surface area is 139 Å². The molecule has 0 N–H and O–H groups in total. The van der Waals surface area contributed by atoms with Crippen LogP contribution in [0.15, 0.2) is 16.8 Å². The van der Waals surface area contributed by atoms with E-state index in [2.05, 4.69) is 30.9 Å². The Hall–Kier alpha value is -2.23. The zero-order chi connectivity index (χ0) is 17.2. The van der Waals surface area contributed by atoms with Gasteiger partial charge in [0.25, 0.3) is 0 Å². The van der Waals surface area contributed by atoms with Crippen LogP contribution in [0.2, 0.25) is 0 Å². The van der Waals surface area contributed by atoms with E-state index < -0.39 is 9.25 Å². The van der Waals surface area contributed by atoms with Crippen LogP contribution in [0, 0.1) is 10.1 Å². The number of non-ortho nitro benzene ring substituents is 1. The first kappa shape index (κ1) is 17.1. The van der Waals surface area contributed by atoms with Crippen molar-refractivity contribution >= 4 is 44.3 Å². The van der Waals surface area contributed by atoms with Gasteiger partial charge in [-0.05, 0) is 30.2 Å². The van der Waals surface area contributed by atoms with Crippen molar-refractivity contribution in [2.45, 2.75) is 18.2 Å². The lowest BCUT2D eigenvalue weighted by atomic mass is 10.2. The molecule has 0 unspecified atom stereocenters. The normalized spacial score (nSPS) is 11.5. The first-order chi connectivity index (χ1) is 10.7. The molecular weight excluding hydrogens is 372 g/mol. The van der Waals surface area contributed by atoms with Crippen molar-refractivity contribution in [3.8, 4) is 0 Å². The second-order valence-electron chi connectivity index (χ2n) is 5.35. The van der Waals surface area contributed by atoms with Gasteiger partial charge < -0.3 is 9.64 Å². The minimum atomic E-state index is -0.748. The Morgan fingerprint density at radius 1 is 1.43 bits per heavy atom. The Balaban J connectivity index is 2.12. The van der Waals surface area contributed by atoms with Gasteiger partial charge in [0.05, 0.1) is 17.2 Å². The zero-order valence-corrected chi connectivity index (χ0v) is 14.4. The minimum Gasteiger partial charge on any atom is -0.463 e. The smallest absolute Gasteiger partial charge is 0.322 e. The molecule has 10 heteroatoms. The Kier molecular flexibility index (Phi) is 4.83. The van der Waals surface area contributed by atoms with Gasteiger partial charge in [-0.2, -0.15) is 0 Å². The third-order valence-electron chi connectivity index (χ3n) is 3.13. The summed E-state index contributed by atoms with van der Waals surface area (Å²) in [5.74, 6) is -0.372. The van der Waals surface area contributed by atoms with Crippen molar-refractivity contribution in [2.75, 3.05) is 25.1 Å². The van der Waals surface area contributed by atoms with Crippen molar-refractivity contribution in [1.82, 2.24) is 10.3 Å². The number of nitro groups is 1. The van der Waals surface area contributed by atoms with E-state index in [1.54, 1.807) is 31.9 Å². The number of benzene rings is 1. The number of anilines is 1. The third kappa shape index (κ3) is 3.76. The summed E-state index contributed by atoms with van der Waals surface area (Å²) in [6, 6.07) is 2.90. The number of carbonyl (C=O) groups is 1. The van der Waals surface area contributed by atoms with Crippen LogP contribution in [0.3, 0.4) is 0 Å². The van der Waals surface area contributed by atoms with E-state index in [9.17, 15) is 14.9 Å². The van der Waals surface area contributed by atoms with E-state index in [4.69, 9.17) is 4.74 Å². The molecule has 2 aromatic rings. The summed E-state index contributed by atoms with van der Waals surface area (Å²) in [6.45, 7) is 3.93. The largest absolute Gasteiger partial charge is 0.463 e. The van der Waals surface area contributed by atoms with E-state index in [1.165, 1.54) is 6.07 Å². The standard InChI is InChI=1S/C13H15BrN4O5/c1-13(2,14)12(19)22-7-6-17(3)8-4-5-9(18(20)21)11-10(8)15-23-16-11/h4-5H,6-7H2,1-3H3. The van der Waals surface area contributed by atoms with Crippen LogP contribution in [-0.2, 0) is 9.53 Å². The minimum absolute atomic E-state index is 0.0814. The number of nitrogens with zero attached hydrogens (tertiary/aromatic N) is 4. The molecule has 23 heavy (non-hydrogen) atoms. The molecule has 0 aliphatic heterocycles. The fourth-order valence-corrected chi connectivity index (χ4v) is 1.98. The van der Waals surface area contributed by atoms with Crippen LogP contribution in [0.25, 0.3) is 11.0 Å². The van der Waals surface area contributed by atoms with Crippen LogP contribution < -0.4 is 4.90 Å². The second kappa shape index (κ2) is 6.49. The summed E-state index contributed by atoms with van der Waals surface area (Å²) in [5.41, 5.74) is 0.790. The van der Waals surface area contributed by atoms with Crippen LogP contribution in [-0.4, -0.2) is 45.7 Å². The number of carbonyl (C=O) groups excluding carboxylic acids is 1. The molecule has 0 radical (unpaired) electrons. The van der Waals surface area contributed by atoms with Gasteiger partial charge in [-0.3, -0.25) is 14.9 Å². The highest BCUT2D eigenvalue weighted by molar-refractivity contribution is 9.10. The fraction of sp³-hybridized carbons (Fsp3) is 0.462. The van der Waals surface area contributed by atoms with Gasteiger partial charge in [0.2, 0.25) is 5.52 Å². The van der Waals surface area contributed by atoms with Crippen molar-refractivity contribution in [3.05, 3.63) is 22.2 Å². The highest BCUT2D eigenvalue weighted by atomic mass is 79.9. The predicted octanol–water partition coefficient (Wildman–Crippen LogP) is 2.28. The highest BCUT2D eigenvalue weighted by Crippen LogP contribution is 2.30. The number of ether oxygens (including phenoxy) is 1. The topological polar surface area (TPSA) is 112 Å². The van der Waals surface area contributed by atoms with Gasteiger partial charge in [0, 0.05) is 13.1 Å². The van der Waals surface area contributed by atoms with E-state index in [-0.39, 0.29) is 29.3 Å². The van der Waals surface area contributed by atoms with Gasteiger partial charge in [0.1, 0.15) is 10.9 Å². The van der Waals surface area contributed by atoms with Crippen LogP contribution in [0.1, 0.15) is 13.8 Å². The third-order valence-corrected chi connectivity index (χ3v) is 3.45. The summed E-state index contributed by atoms with van der Waals surface area (Å²) in [5, 5.41) is 18.3. The van der Waals surface area contributed by atoms with Gasteiger partial charge in [-0.15, -0.1) is 0 Å². The molecule has 1 aromatic heterocycles. The highest BCUT2D eigenvalue weighted by Gasteiger charge is 2.26. The van der Waals surface area contributed by atoms with Gasteiger partial charge in [-0.25, -0.2) is 4.63 Å². The molecule has 1 heterocycles. The number of nitro benzene ring substituents is 1. The molecule has 0 atom stereocenters. The molecule has 0 saturated carbocycles. The lowest BCUT2D eigenvalue weighted by Gasteiger charge is -2.20. The first-order valence-corrected chi connectivity index (χ1v) is 7.48. The Morgan fingerprint density at radius 2 is 2.09 bits per heavy atom. The maximum Gasteiger partial charge on any atom is 0.322 e. The molecule has 0 saturated heterocycles. The van der Waals surface area contributed by atoms with Crippen LogP contribution in [0.4, 0.5) is 11.4 Å². The number of fused-ring (bicyclic) bond motifs is 1. The Bertz CT molecular complexity index is 740. The number of hydrogen-bond acceptors (Lipinski definition) is 8. The molecule has 0 aliphatic carbocycles. The maximum absolute atomic E-state index is 11.7. The quantitative estimate of drug-likeness (QED) is 0.321. The molecule has 0 amide bonds. The number of alkyl halides is 1. The molecule has 0 aliphatic rings. The zero-order valence-electron chi connectivity index (χ0n) is 12.8. The molecule has 9 nitrogen and oxygen atoms in total. The predicted molar refractivity (Wildman–Crippen MR) is 85.7 cm³/mol. The summed E-state index contributed by atoms with van der Waals surface area (Å²) in [6.07, 6.45) is 0. The van der Waals surface area contributed by atoms with Crippen molar-refractivity contribution < 1.29 is 19.1 Å². The number of hydrogen-bond donors (Lipinski definition) is 0. The molecular formula is C13H15BrN4O5.